The SMILES string of the molecule is CC(C)CCN(C)[C@@H](CC(C)C)C(=O)N[C@@H](Cc1ccc(OCc2ccccc2)cc1)C(=O)NC(C)(C)CO. The fraction of sp³-hybridized carbons (Fsp3) is 0.562. The number of benzene rings is 2. The smallest absolute Gasteiger partial charge is 0.243 e. The first-order chi connectivity index (χ1) is 18.4. The zero-order valence-electron chi connectivity index (χ0n) is 24.9. The third-order valence-electron chi connectivity index (χ3n) is 6.69. The van der Waals surface area contributed by atoms with Gasteiger partial charge >= 0.3 is 0 Å². The Hall–Kier alpha value is -2.90. The van der Waals surface area contributed by atoms with E-state index in [1.165, 1.54) is 0 Å². The molecule has 0 fully saturated rings. The summed E-state index contributed by atoms with van der Waals surface area (Å²) in [5.41, 5.74) is 1.18. The van der Waals surface area contributed by atoms with E-state index in [1.54, 1.807) is 13.8 Å². The number of nitrogens with zero attached hydrogens (tertiary/aromatic N) is 1. The first-order valence-corrected chi connectivity index (χ1v) is 14.1. The quantitative estimate of drug-likeness (QED) is 0.291. The molecule has 0 bridgehead atoms. The molecular weight excluding hydrogens is 490 g/mol. The zero-order chi connectivity index (χ0) is 29.0. The lowest BCUT2D eigenvalue weighted by molar-refractivity contribution is -0.133. The Balaban J connectivity index is 2.17. The maximum absolute atomic E-state index is 13.6. The molecule has 0 heterocycles. The van der Waals surface area contributed by atoms with Gasteiger partial charge in [-0.25, -0.2) is 0 Å². The molecule has 216 valence electrons. The van der Waals surface area contributed by atoms with Crippen LogP contribution in [0, 0.1) is 11.8 Å². The van der Waals surface area contributed by atoms with Crippen molar-refractivity contribution in [1.82, 2.24) is 15.5 Å². The van der Waals surface area contributed by atoms with Crippen molar-refractivity contribution >= 4 is 11.8 Å². The fourth-order valence-corrected chi connectivity index (χ4v) is 4.19. The number of rotatable bonds is 16. The highest BCUT2D eigenvalue weighted by atomic mass is 16.5. The maximum Gasteiger partial charge on any atom is 0.243 e. The van der Waals surface area contributed by atoms with Crippen LogP contribution in [0.15, 0.2) is 54.6 Å². The molecule has 7 nitrogen and oxygen atoms in total. The van der Waals surface area contributed by atoms with E-state index >= 15 is 0 Å². The predicted molar refractivity (Wildman–Crippen MR) is 157 cm³/mol. The molecule has 0 radical (unpaired) electrons. The zero-order valence-corrected chi connectivity index (χ0v) is 24.9. The molecule has 39 heavy (non-hydrogen) atoms. The van der Waals surface area contributed by atoms with Gasteiger partial charge in [0.2, 0.25) is 11.8 Å². The standard InChI is InChI=1S/C32H49N3O4/c1-23(2)17-18-35(7)29(19-24(3)4)31(38)33-28(30(37)34-32(5,6)22-36)20-25-13-15-27(16-14-25)39-21-26-11-9-8-10-12-26/h8-16,23-24,28-29,36H,17-22H2,1-7H3,(H,33,38)(H,34,37)/t28-,29-/m0/s1. The second kappa shape index (κ2) is 15.6. The maximum atomic E-state index is 13.6. The number of aliphatic hydroxyl groups excluding tert-OH is 1. The number of aliphatic hydroxyl groups is 1. The molecule has 2 aromatic rings. The van der Waals surface area contributed by atoms with E-state index in [0.29, 0.717) is 31.3 Å². The number of amides is 2. The second-order valence-electron chi connectivity index (χ2n) is 12.0. The number of hydrogen-bond donors (Lipinski definition) is 3. The topological polar surface area (TPSA) is 90.9 Å². The van der Waals surface area contributed by atoms with Crippen LogP contribution in [0.25, 0.3) is 0 Å². The Kier molecular flexibility index (Phi) is 13.0. The van der Waals surface area contributed by atoms with Gasteiger partial charge in [-0.2, -0.15) is 0 Å². The van der Waals surface area contributed by atoms with E-state index in [-0.39, 0.29) is 24.5 Å². The van der Waals surface area contributed by atoms with E-state index in [9.17, 15) is 14.7 Å². The molecule has 0 aromatic heterocycles. The minimum absolute atomic E-state index is 0.153. The summed E-state index contributed by atoms with van der Waals surface area (Å²) in [6.07, 6.45) is 2.01. The van der Waals surface area contributed by atoms with E-state index in [2.05, 4.69) is 43.2 Å². The van der Waals surface area contributed by atoms with Crippen LogP contribution in [0.1, 0.15) is 65.5 Å². The molecule has 3 N–H and O–H groups in total. The Morgan fingerprint density at radius 3 is 2.13 bits per heavy atom. The van der Waals surface area contributed by atoms with Gasteiger partial charge in [0.1, 0.15) is 18.4 Å². The molecule has 0 unspecified atom stereocenters. The molecule has 0 aliphatic carbocycles. The molecule has 2 rings (SSSR count). The highest BCUT2D eigenvalue weighted by Gasteiger charge is 2.31. The Morgan fingerprint density at radius 2 is 1.56 bits per heavy atom. The number of nitrogens with one attached hydrogen (secondary N) is 2. The molecule has 2 aromatic carbocycles. The van der Waals surface area contributed by atoms with Gasteiger partial charge in [-0.1, -0.05) is 70.2 Å². The van der Waals surface area contributed by atoms with Crippen molar-refractivity contribution in [2.24, 2.45) is 11.8 Å². The molecule has 0 saturated carbocycles. The molecule has 0 aliphatic heterocycles. The lowest BCUT2D eigenvalue weighted by atomic mass is 9.99. The summed E-state index contributed by atoms with van der Waals surface area (Å²) < 4.78 is 5.90. The molecular formula is C32H49N3O4. The first-order valence-electron chi connectivity index (χ1n) is 14.1. The van der Waals surface area contributed by atoms with Crippen LogP contribution in [0.5, 0.6) is 5.75 Å². The lowest BCUT2D eigenvalue weighted by Gasteiger charge is -2.32. The lowest BCUT2D eigenvalue weighted by Crippen LogP contribution is -2.58. The van der Waals surface area contributed by atoms with Crippen molar-refractivity contribution in [1.29, 1.82) is 0 Å². The van der Waals surface area contributed by atoms with Crippen molar-refractivity contribution in [3.63, 3.8) is 0 Å². The van der Waals surface area contributed by atoms with Gasteiger partial charge in [0.25, 0.3) is 0 Å². The van der Waals surface area contributed by atoms with Crippen LogP contribution in [-0.2, 0) is 22.6 Å². The van der Waals surface area contributed by atoms with Crippen molar-refractivity contribution in [2.75, 3.05) is 20.2 Å². The Labute approximate surface area is 235 Å². The summed E-state index contributed by atoms with van der Waals surface area (Å²) in [5, 5.41) is 15.6. The second-order valence-corrected chi connectivity index (χ2v) is 12.0. The largest absolute Gasteiger partial charge is 0.489 e. The first kappa shape index (κ1) is 32.3. The van der Waals surface area contributed by atoms with Crippen molar-refractivity contribution in [3.8, 4) is 5.75 Å². The molecule has 0 aliphatic rings. The minimum Gasteiger partial charge on any atom is -0.489 e. The molecule has 2 atom stereocenters. The van der Waals surface area contributed by atoms with Crippen LogP contribution in [-0.4, -0.2) is 59.6 Å². The Bertz CT molecular complexity index is 1010. The van der Waals surface area contributed by atoms with Gasteiger partial charge in [-0.3, -0.25) is 14.5 Å². The average molecular weight is 540 g/mol. The highest BCUT2D eigenvalue weighted by Crippen LogP contribution is 2.17. The Morgan fingerprint density at radius 1 is 0.923 bits per heavy atom. The van der Waals surface area contributed by atoms with E-state index in [4.69, 9.17) is 4.74 Å². The van der Waals surface area contributed by atoms with Gasteiger partial charge < -0.3 is 20.5 Å². The van der Waals surface area contributed by atoms with Crippen molar-refractivity contribution in [3.05, 3.63) is 65.7 Å². The summed E-state index contributed by atoms with van der Waals surface area (Å²) in [4.78, 5) is 29.0. The number of hydrogen-bond acceptors (Lipinski definition) is 5. The van der Waals surface area contributed by atoms with E-state index < -0.39 is 11.6 Å². The van der Waals surface area contributed by atoms with Crippen LogP contribution >= 0.6 is 0 Å². The van der Waals surface area contributed by atoms with Crippen LogP contribution in [0.2, 0.25) is 0 Å². The van der Waals surface area contributed by atoms with E-state index in [0.717, 1.165) is 29.8 Å². The van der Waals surface area contributed by atoms with Gasteiger partial charge in [0.05, 0.1) is 18.2 Å². The molecule has 0 saturated heterocycles. The van der Waals surface area contributed by atoms with Gasteiger partial charge in [-0.15, -0.1) is 0 Å². The number of ether oxygens (including phenoxy) is 1. The third-order valence-corrected chi connectivity index (χ3v) is 6.69. The summed E-state index contributed by atoms with van der Waals surface area (Å²) in [5.74, 6) is 1.12. The summed E-state index contributed by atoms with van der Waals surface area (Å²) in [6, 6.07) is 16.4. The number of likely N-dealkylation sites (N-methyl/N-ethyl adjacent to an activating group) is 1. The fourth-order valence-electron chi connectivity index (χ4n) is 4.19. The summed E-state index contributed by atoms with van der Waals surface area (Å²) in [7, 11) is 1.98. The van der Waals surface area contributed by atoms with Crippen LogP contribution < -0.4 is 15.4 Å². The summed E-state index contributed by atoms with van der Waals surface area (Å²) in [6.45, 7) is 13.1. The molecule has 7 heteroatoms. The van der Waals surface area contributed by atoms with Crippen LogP contribution in [0.3, 0.4) is 0 Å². The van der Waals surface area contributed by atoms with Gasteiger partial charge in [0, 0.05) is 6.42 Å². The highest BCUT2D eigenvalue weighted by molar-refractivity contribution is 5.90. The van der Waals surface area contributed by atoms with Crippen molar-refractivity contribution < 1.29 is 19.4 Å². The normalized spacial score (nSPS) is 13.4. The van der Waals surface area contributed by atoms with Gasteiger partial charge in [0.15, 0.2) is 0 Å². The third kappa shape index (κ3) is 11.8. The summed E-state index contributed by atoms with van der Waals surface area (Å²) >= 11 is 0. The molecule has 2 amide bonds. The number of carbonyl (C=O) groups is 2. The van der Waals surface area contributed by atoms with Crippen molar-refractivity contribution in [2.45, 2.75) is 85.0 Å². The van der Waals surface area contributed by atoms with E-state index in [1.807, 2.05) is 61.6 Å². The average Bonchev–Trinajstić information content (AvgIpc) is 2.89. The van der Waals surface area contributed by atoms with Crippen LogP contribution in [0.4, 0.5) is 0 Å². The minimum atomic E-state index is -0.805. The van der Waals surface area contributed by atoms with Gasteiger partial charge in [-0.05, 0) is 75.4 Å². The monoisotopic (exact) mass is 539 g/mol. The number of carbonyl (C=O) groups excluding carboxylic acids is 2. The molecule has 0 spiro atoms. The predicted octanol–water partition coefficient (Wildman–Crippen LogP) is 4.57.